The number of hydrogen-bond donors (Lipinski definition) is 0. The van der Waals surface area contributed by atoms with Gasteiger partial charge in [0.2, 0.25) is 5.88 Å². The summed E-state index contributed by atoms with van der Waals surface area (Å²) in [5, 5.41) is 0. The molecule has 0 saturated carbocycles. The number of hydrogen-bond acceptors (Lipinski definition) is 8. The average molecular weight is 542 g/mol. The highest BCUT2D eigenvalue weighted by atomic mass is 32.2. The van der Waals surface area contributed by atoms with E-state index in [1.165, 1.54) is 15.4 Å². The van der Waals surface area contributed by atoms with Gasteiger partial charge in [-0.05, 0) is 55.2 Å². The quantitative estimate of drug-likeness (QED) is 0.356. The Labute approximate surface area is 217 Å². The van der Waals surface area contributed by atoms with Gasteiger partial charge in [0.05, 0.1) is 22.5 Å². The molecule has 0 radical (unpaired) electrons. The lowest BCUT2D eigenvalue weighted by molar-refractivity contribution is -0.123. The number of aryl methyl sites for hydroxylation is 2. The van der Waals surface area contributed by atoms with Gasteiger partial charge >= 0.3 is 0 Å². The van der Waals surface area contributed by atoms with Crippen LogP contribution in [-0.4, -0.2) is 50.5 Å². The lowest BCUT2D eigenvalue weighted by Gasteiger charge is -2.20. The van der Waals surface area contributed by atoms with Gasteiger partial charge in [0.25, 0.3) is 11.5 Å². The van der Waals surface area contributed by atoms with Crippen LogP contribution in [0.2, 0.25) is 0 Å². The third-order valence-corrected chi connectivity index (χ3v) is 9.35. The molecule has 0 aliphatic carbocycles. The number of ether oxygens (including phenoxy) is 1. The fourth-order valence-corrected chi connectivity index (χ4v) is 7.39. The largest absolute Gasteiger partial charge is 0.438 e. The second-order valence-electron chi connectivity index (χ2n) is 8.73. The first kappa shape index (κ1) is 24.7. The smallest absolute Gasteiger partial charge is 0.269 e. The molecule has 1 atom stereocenters. The first-order valence-electron chi connectivity index (χ1n) is 11.4. The summed E-state index contributed by atoms with van der Waals surface area (Å²) < 4.78 is 31.7. The van der Waals surface area contributed by atoms with E-state index in [9.17, 15) is 18.0 Å². The summed E-state index contributed by atoms with van der Waals surface area (Å²) in [7, 11) is -3.20. The van der Waals surface area contributed by atoms with Crippen molar-refractivity contribution in [3.05, 3.63) is 74.5 Å². The molecular formula is C25H23N3O5S3. The van der Waals surface area contributed by atoms with Crippen LogP contribution in [0, 0.1) is 6.92 Å². The van der Waals surface area contributed by atoms with Crippen molar-refractivity contribution < 1.29 is 17.9 Å². The number of fused-ring (bicyclic) bond motifs is 1. The molecule has 11 heteroatoms. The maximum Gasteiger partial charge on any atom is 0.269 e. The van der Waals surface area contributed by atoms with E-state index in [1.807, 2.05) is 37.3 Å². The first-order chi connectivity index (χ1) is 17.2. The van der Waals surface area contributed by atoms with Crippen molar-refractivity contribution in [1.82, 2.24) is 14.3 Å². The molecule has 4 heterocycles. The Morgan fingerprint density at radius 1 is 1.22 bits per heavy atom. The molecule has 3 aromatic rings. The van der Waals surface area contributed by atoms with E-state index in [2.05, 4.69) is 11.9 Å². The standard InChI is InChI=1S/C25H23N3O5S3/c1-3-16-6-8-18(9-7-16)33-22-19(23(29)27-11-4-5-15(2)21(27)26-22)13-20-24(30)28(25(34)35-20)17-10-12-36(31,32)14-17/h4-9,11,13,17H,3,10,12,14H2,1-2H3/b20-13+. The van der Waals surface area contributed by atoms with E-state index < -0.39 is 27.3 Å². The second kappa shape index (κ2) is 9.45. The van der Waals surface area contributed by atoms with E-state index in [0.29, 0.717) is 17.8 Å². The number of carbonyl (C=O) groups excluding carboxylic acids is 1. The van der Waals surface area contributed by atoms with Crippen LogP contribution in [0.15, 0.2) is 52.3 Å². The molecule has 1 aromatic carbocycles. The molecule has 2 aromatic heterocycles. The number of carbonyl (C=O) groups is 1. The molecule has 2 fully saturated rings. The lowest BCUT2D eigenvalue weighted by Crippen LogP contribution is -2.39. The molecule has 2 aliphatic rings. The number of rotatable bonds is 5. The maximum absolute atomic E-state index is 13.5. The molecule has 0 N–H and O–H groups in total. The highest BCUT2D eigenvalue weighted by Crippen LogP contribution is 2.37. The highest BCUT2D eigenvalue weighted by molar-refractivity contribution is 8.26. The number of aromatic nitrogens is 2. The average Bonchev–Trinajstić information content (AvgIpc) is 3.34. The fraction of sp³-hybridized carbons (Fsp3) is 0.280. The molecule has 0 bridgehead atoms. The minimum Gasteiger partial charge on any atom is -0.438 e. The molecule has 8 nitrogen and oxygen atoms in total. The Bertz CT molecular complexity index is 1590. The monoisotopic (exact) mass is 541 g/mol. The molecular weight excluding hydrogens is 518 g/mol. The molecule has 1 unspecified atom stereocenters. The van der Waals surface area contributed by atoms with E-state index in [4.69, 9.17) is 17.0 Å². The Morgan fingerprint density at radius 2 is 1.97 bits per heavy atom. The number of amides is 1. The first-order valence-corrected chi connectivity index (χ1v) is 14.5. The van der Waals surface area contributed by atoms with E-state index in [-0.39, 0.29) is 32.2 Å². The summed E-state index contributed by atoms with van der Waals surface area (Å²) in [6, 6.07) is 10.6. The van der Waals surface area contributed by atoms with Crippen LogP contribution >= 0.6 is 24.0 Å². The number of thioether (sulfide) groups is 1. The Kier molecular flexibility index (Phi) is 6.48. The lowest BCUT2D eigenvalue weighted by atomic mass is 10.2. The predicted octanol–water partition coefficient (Wildman–Crippen LogP) is 3.75. The van der Waals surface area contributed by atoms with Crippen LogP contribution in [0.4, 0.5) is 0 Å². The second-order valence-corrected chi connectivity index (χ2v) is 12.6. The van der Waals surface area contributed by atoms with Gasteiger partial charge in [-0.1, -0.05) is 49.1 Å². The van der Waals surface area contributed by atoms with Gasteiger partial charge in [0.1, 0.15) is 21.3 Å². The molecule has 1 amide bonds. The molecule has 36 heavy (non-hydrogen) atoms. The number of thiocarbonyl (C=S) groups is 1. The van der Waals surface area contributed by atoms with Gasteiger partial charge in [-0.15, -0.1) is 0 Å². The molecule has 186 valence electrons. The van der Waals surface area contributed by atoms with E-state index in [0.717, 1.165) is 29.3 Å². The predicted molar refractivity (Wildman–Crippen MR) is 144 cm³/mol. The van der Waals surface area contributed by atoms with Gasteiger partial charge in [-0.3, -0.25) is 18.9 Å². The van der Waals surface area contributed by atoms with Gasteiger partial charge in [0.15, 0.2) is 9.84 Å². The van der Waals surface area contributed by atoms with Crippen LogP contribution in [0.25, 0.3) is 11.7 Å². The van der Waals surface area contributed by atoms with Crippen molar-refractivity contribution in [2.45, 2.75) is 32.7 Å². The highest BCUT2D eigenvalue weighted by Gasteiger charge is 2.42. The summed E-state index contributed by atoms with van der Waals surface area (Å²) in [6.45, 7) is 3.90. The zero-order valence-corrected chi connectivity index (χ0v) is 22.1. The Balaban J connectivity index is 1.59. The number of sulfone groups is 1. The molecule has 0 spiro atoms. The van der Waals surface area contributed by atoms with Crippen LogP contribution in [0.1, 0.15) is 30.0 Å². The maximum atomic E-state index is 13.5. The van der Waals surface area contributed by atoms with Crippen molar-refractivity contribution in [2.24, 2.45) is 0 Å². The Morgan fingerprint density at radius 3 is 2.64 bits per heavy atom. The third-order valence-electron chi connectivity index (χ3n) is 6.27. The molecule has 2 saturated heterocycles. The summed E-state index contributed by atoms with van der Waals surface area (Å²) >= 11 is 6.46. The van der Waals surface area contributed by atoms with Crippen molar-refractivity contribution in [3.63, 3.8) is 0 Å². The van der Waals surface area contributed by atoms with Crippen LogP contribution in [-0.2, 0) is 21.1 Å². The van der Waals surface area contributed by atoms with Crippen LogP contribution in [0.5, 0.6) is 11.6 Å². The van der Waals surface area contributed by atoms with E-state index in [1.54, 1.807) is 12.3 Å². The van der Waals surface area contributed by atoms with Crippen molar-refractivity contribution in [1.29, 1.82) is 0 Å². The normalized spacial score (nSPS) is 20.6. The zero-order valence-electron chi connectivity index (χ0n) is 19.6. The third kappa shape index (κ3) is 4.58. The van der Waals surface area contributed by atoms with Crippen molar-refractivity contribution in [3.8, 4) is 11.6 Å². The zero-order chi connectivity index (χ0) is 25.6. The summed E-state index contributed by atoms with van der Waals surface area (Å²) in [5.41, 5.74) is 2.10. The van der Waals surface area contributed by atoms with Gasteiger partial charge in [0, 0.05) is 6.20 Å². The topological polar surface area (TPSA) is 98.1 Å². The van der Waals surface area contributed by atoms with E-state index >= 15 is 0 Å². The molecule has 2 aliphatic heterocycles. The van der Waals surface area contributed by atoms with Crippen molar-refractivity contribution in [2.75, 3.05) is 11.5 Å². The summed E-state index contributed by atoms with van der Waals surface area (Å²) in [6.07, 6.45) is 4.28. The van der Waals surface area contributed by atoms with Crippen LogP contribution in [0.3, 0.4) is 0 Å². The van der Waals surface area contributed by atoms with Gasteiger partial charge in [-0.2, -0.15) is 4.98 Å². The minimum absolute atomic E-state index is 0.0257. The summed E-state index contributed by atoms with van der Waals surface area (Å²) in [4.78, 5) is 33.0. The SMILES string of the molecule is CCc1ccc(Oc2nc3c(C)cccn3c(=O)c2/C=C2/SC(=S)N(C3CCS(=O)(=O)C3)C2=O)cc1. The van der Waals surface area contributed by atoms with Gasteiger partial charge < -0.3 is 4.74 Å². The number of nitrogens with zero attached hydrogens (tertiary/aromatic N) is 3. The van der Waals surface area contributed by atoms with Crippen LogP contribution < -0.4 is 10.3 Å². The Hall–Kier alpha value is -3.02. The fourth-order valence-electron chi connectivity index (χ4n) is 4.30. The molecule has 5 rings (SSSR count). The van der Waals surface area contributed by atoms with Gasteiger partial charge in [-0.25, -0.2) is 8.42 Å². The minimum atomic E-state index is -3.20. The van der Waals surface area contributed by atoms with Crippen molar-refractivity contribution >= 4 is 55.8 Å². The number of pyridine rings is 1. The summed E-state index contributed by atoms with van der Waals surface area (Å²) in [5.74, 6) is 0.0772. The number of benzene rings is 1.